The van der Waals surface area contributed by atoms with Crippen molar-refractivity contribution in [2.45, 2.75) is 13.8 Å². The predicted molar refractivity (Wildman–Crippen MR) is 83.0 cm³/mol. The first-order chi connectivity index (χ1) is 8.26. The van der Waals surface area contributed by atoms with Gasteiger partial charge >= 0.3 is 0 Å². The number of thioether (sulfide) groups is 1. The summed E-state index contributed by atoms with van der Waals surface area (Å²) in [7, 11) is 0. The molecular weight excluding hydrogens is 268 g/mol. The molecule has 1 aromatic rings. The lowest BCUT2D eigenvalue weighted by atomic mass is 10.3. The molecule has 0 bridgehead atoms. The molecule has 1 rings (SSSR count). The molecule has 0 heterocycles. The molecule has 5 heteroatoms. The highest BCUT2D eigenvalue weighted by molar-refractivity contribution is 8.13. The van der Waals surface area contributed by atoms with Gasteiger partial charge in [0.2, 0.25) is 0 Å². The van der Waals surface area contributed by atoms with Gasteiger partial charge in [0.25, 0.3) is 5.24 Å². The summed E-state index contributed by atoms with van der Waals surface area (Å²) < 4.78 is 0. The lowest BCUT2D eigenvalue weighted by molar-refractivity contribution is 0.269. The number of carbonyl (C=O) groups excluding carboxylic acids is 1. The van der Waals surface area contributed by atoms with Gasteiger partial charge in [0.1, 0.15) is 0 Å². The Morgan fingerprint density at radius 3 is 2.39 bits per heavy atom. The van der Waals surface area contributed by atoms with E-state index in [1.807, 2.05) is 30.3 Å². The molecule has 0 unspecified atom stereocenters. The number of nitrogens with one attached hydrogen (secondary N) is 1. The van der Waals surface area contributed by atoms with E-state index in [0.717, 1.165) is 31.1 Å². The Balaban J connectivity index is 0.00000289. The summed E-state index contributed by atoms with van der Waals surface area (Å²) in [5.41, 5.74) is 0.854. The summed E-state index contributed by atoms with van der Waals surface area (Å²) in [5, 5.41) is 2.87. The van der Waals surface area contributed by atoms with E-state index in [9.17, 15) is 4.79 Å². The Kier molecular flexibility index (Phi) is 9.83. The minimum atomic E-state index is 0. The van der Waals surface area contributed by atoms with E-state index in [4.69, 9.17) is 0 Å². The molecular formula is C13H21ClN2OS. The number of para-hydroxylation sites is 1. The fourth-order valence-corrected chi connectivity index (χ4v) is 2.21. The molecule has 0 atom stereocenters. The summed E-state index contributed by atoms with van der Waals surface area (Å²) in [4.78, 5) is 13.9. The summed E-state index contributed by atoms with van der Waals surface area (Å²) in [5.74, 6) is 0.834. The van der Waals surface area contributed by atoms with E-state index in [0.29, 0.717) is 0 Å². The third-order valence-corrected chi connectivity index (χ3v) is 3.31. The van der Waals surface area contributed by atoms with Crippen molar-refractivity contribution in [3.63, 3.8) is 0 Å². The van der Waals surface area contributed by atoms with E-state index in [2.05, 4.69) is 24.1 Å². The summed E-state index contributed by atoms with van der Waals surface area (Å²) in [6.45, 7) is 7.31. The van der Waals surface area contributed by atoms with Crippen LogP contribution in [0.2, 0.25) is 0 Å². The Hall–Kier alpha value is -0.710. The van der Waals surface area contributed by atoms with Crippen molar-refractivity contribution >= 4 is 35.1 Å². The molecule has 102 valence electrons. The highest BCUT2D eigenvalue weighted by Gasteiger charge is 2.04. The third kappa shape index (κ3) is 6.89. The Morgan fingerprint density at radius 1 is 1.22 bits per heavy atom. The van der Waals surface area contributed by atoms with Crippen LogP contribution >= 0.6 is 24.2 Å². The van der Waals surface area contributed by atoms with Crippen molar-refractivity contribution < 1.29 is 4.79 Å². The number of nitrogens with zero attached hydrogens (tertiary/aromatic N) is 1. The standard InChI is InChI=1S/C13H20N2OS.ClH/c1-3-15(4-2)10-11-17-13(16)14-12-8-6-5-7-9-12;/h5-9H,3-4,10-11H2,1-2H3,(H,14,16);1H. The average Bonchev–Trinajstić information content (AvgIpc) is 2.36. The van der Waals surface area contributed by atoms with Crippen LogP contribution in [0.4, 0.5) is 10.5 Å². The van der Waals surface area contributed by atoms with Crippen LogP contribution < -0.4 is 5.32 Å². The third-order valence-electron chi connectivity index (χ3n) is 2.56. The molecule has 18 heavy (non-hydrogen) atoms. The number of hydrogen-bond donors (Lipinski definition) is 1. The number of halogens is 1. The van der Waals surface area contributed by atoms with Crippen molar-refractivity contribution in [1.29, 1.82) is 0 Å². The van der Waals surface area contributed by atoms with Gasteiger partial charge in [0.15, 0.2) is 0 Å². The second-order valence-electron chi connectivity index (χ2n) is 3.65. The summed E-state index contributed by atoms with van der Waals surface area (Å²) >= 11 is 1.34. The van der Waals surface area contributed by atoms with Crippen LogP contribution in [-0.2, 0) is 0 Å². The smallest absolute Gasteiger partial charge is 0.283 e. The minimum Gasteiger partial charge on any atom is -0.317 e. The van der Waals surface area contributed by atoms with Gasteiger partial charge in [-0.25, -0.2) is 0 Å². The van der Waals surface area contributed by atoms with Crippen molar-refractivity contribution in [2.75, 3.05) is 30.7 Å². The minimum absolute atomic E-state index is 0. The fraction of sp³-hybridized carbons (Fsp3) is 0.462. The number of hydrogen-bond acceptors (Lipinski definition) is 3. The molecule has 0 aliphatic rings. The largest absolute Gasteiger partial charge is 0.317 e. The molecule has 1 aromatic carbocycles. The van der Waals surface area contributed by atoms with E-state index in [1.165, 1.54) is 11.8 Å². The van der Waals surface area contributed by atoms with Crippen molar-refractivity contribution in [2.24, 2.45) is 0 Å². The van der Waals surface area contributed by atoms with Gasteiger partial charge in [-0.3, -0.25) is 4.79 Å². The fourth-order valence-electron chi connectivity index (χ4n) is 1.48. The van der Waals surface area contributed by atoms with Crippen molar-refractivity contribution in [1.82, 2.24) is 4.90 Å². The number of rotatable bonds is 6. The van der Waals surface area contributed by atoms with Crippen LogP contribution in [0.15, 0.2) is 30.3 Å². The van der Waals surface area contributed by atoms with Crippen molar-refractivity contribution in [3.8, 4) is 0 Å². The van der Waals surface area contributed by atoms with Crippen LogP contribution in [0.5, 0.6) is 0 Å². The van der Waals surface area contributed by atoms with E-state index in [-0.39, 0.29) is 17.6 Å². The molecule has 1 amide bonds. The zero-order valence-electron chi connectivity index (χ0n) is 10.9. The highest BCUT2D eigenvalue weighted by atomic mass is 35.5. The maximum atomic E-state index is 11.6. The molecule has 0 saturated heterocycles. The van der Waals surface area contributed by atoms with Gasteiger partial charge in [-0.15, -0.1) is 12.4 Å². The van der Waals surface area contributed by atoms with Crippen LogP contribution in [0.25, 0.3) is 0 Å². The second-order valence-corrected chi connectivity index (χ2v) is 4.72. The Bertz CT molecular complexity index is 331. The summed E-state index contributed by atoms with van der Waals surface area (Å²) in [6, 6.07) is 9.54. The van der Waals surface area contributed by atoms with Crippen LogP contribution in [-0.4, -0.2) is 35.5 Å². The van der Waals surface area contributed by atoms with Crippen molar-refractivity contribution in [3.05, 3.63) is 30.3 Å². The van der Waals surface area contributed by atoms with Gasteiger partial charge < -0.3 is 10.2 Å². The number of amides is 1. The normalized spacial score (nSPS) is 9.94. The Labute approximate surface area is 120 Å². The highest BCUT2D eigenvalue weighted by Crippen LogP contribution is 2.10. The molecule has 0 spiro atoms. The van der Waals surface area contributed by atoms with Crippen LogP contribution in [0.1, 0.15) is 13.8 Å². The second kappa shape index (κ2) is 10.2. The van der Waals surface area contributed by atoms with Gasteiger partial charge in [-0.2, -0.15) is 0 Å². The Morgan fingerprint density at radius 2 is 1.83 bits per heavy atom. The van der Waals surface area contributed by atoms with E-state index >= 15 is 0 Å². The average molecular weight is 289 g/mol. The monoisotopic (exact) mass is 288 g/mol. The molecule has 0 aliphatic heterocycles. The maximum Gasteiger partial charge on any atom is 0.283 e. The van der Waals surface area contributed by atoms with Gasteiger partial charge in [0.05, 0.1) is 0 Å². The maximum absolute atomic E-state index is 11.6. The molecule has 0 aromatic heterocycles. The quantitative estimate of drug-likeness (QED) is 0.866. The van der Waals surface area contributed by atoms with Crippen LogP contribution in [0.3, 0.4) is 0 Å². The SMILES string of the molecule is CCN(CC)CCSC(=O)Nc1ccccc1.Cl. The molecule has 0 saturated carbocycles. The first-order valence-corrected chi connectivity index (χ1v) is 6.96. The van der Waals surface area contributed by atoms with E-state index < -0.39 is 0 Å². The predicted octanol–water partition coefficient (Wildman–Crippen LogP) is 3.72. The molecule has 0 fully saturated rings. The number of carbonyl (C=O) groups is 1. The number of anilines is 1. The van der Waals surface area contributed by atoms with E-state index in [1.54, 1.807) is 0 Å². The molecule has 0 aliphatic carbocycles. The molecule has 0 radical (unpaired) electrons. The van der Waals surface area contributed by atoms with Gasteiger partial charge in [0, 0.05) is 18.0 Å². The zero-order chi connectivity index (χ0) is 12.5. The molecule has 1 N–H and O–H groups in total. The zero-order valence-corrected chi connectivity index (χ0v) is 12.5. The van der Waals surface area contributed by atoms with Gasteiger partial charge in [-0.1, -0.05) is 43.8 Å². The van der Waals surface area contributed by atoms with Gasteiger partial charge in [-0.05, 0) is 25.2 Å². The first-order valence-electron chi connectivity index (χ1n) is 5.97. The number of benzene rings is 1. The first kappa shape index (κ1) is 17.3. The molecule has 3 nitrogen and oxygen atoms in total. The lowest BCUT2D eigenvalue weighted by Crippen LogP contribution is -2.26. The lowest BCUT2D eigenvalue weighted by Gasteiger charge is -2.16. The van der Waals surface area contributed by atoms with Crippen LogP contribution in [0, 0.1) is 0 Å². The summed E-state index contributed by atoms with van der Waals surface area (Å²) in [6.07, 6.45) is 0. The topological polar surface area (TPSA) is 32.3 Å².